The molecule has 3 rings (SSSR count). The number of alkyl halides is 3. The van der Waals surface area contributed by atoms with Crippen LogP contribution in [0.3, 0.4) is 0 Å². The zero-order valence-electron chi connectivity index (χ0n) is 10.6. The van der Waals surface area contributed by atoms with Crippen LogP contribution in [0.1, 0.15) is 16.2 Å². The first-order chi connectivity index (χ1) is 10.3. The van der Waals surface area contributed by atoms with Crippen molar-refractivity contribution in [2.24, 2.45) is 0 Å². The third-order valence-electron chi connectivity index (χ3n) is 2.97. The third-order valence-corrected chi connectivity index (χ3v) is 4.05. The number of benzene rings is 1. The highest BCUT2D eigenvalue weighted by atomic mass is 35.5. The average Bonchev–Trinajstić information content (AvgIpc) is 2.97. The van der Waals surface area contributed by atoms with Gasteiger partial charge in [0.25, 0.3) is 0 Å². The summed E-state index contributed by atoms with van der Waals surface area (Å²) in [5, 5.41) is 11.2. The molecule has 114 valence electrons. The Hall–Kier alpha value is -2.06. The third kappa shape index (κ3) is 2.34. The van der Waals surface area contributed by atoms with Crippen molar-refractivity contribution in [3.63, 3.8) is 0 Å². The van der Waals surface area contributed by atoms with Gasteiger partial charge in [0.15, 0.2) is 16.3 Å². The second-order valence-corrected chi connectivity index (χ2v) is 5.63. The van der Waals surface area contributed by atoms with Gasteiger partial charge in [-0.25, -0.2) is 9.78 Å². The maximum atomic E-state index is 13.0. The van der Waals surface area contributed by atoms with Crippen molar-refractivity contribution in [1.82, 2.24) is 9.38 Å². The summed E-state index contributed by atoms with van der Waals surface area (Å²) in [6, 6.07) is 6.34. The van der Waals surface area contributed by atoms with E-state index in [-0.39, 0.29) is 4.96 Å². The minimum Gasteiger partial charge on any atom is -0.476 e. The molecule has 0 aliphatic carbocycles. The van der Waals surface area contributed by atoms with Gasteiger partial charge in [-0.05, 0) is 17.7 Å². The van der Waals surface area contributed by atoms with Crippen molar-refractivity contribution in [1.29, 1.82) is 0 Å². The minimum atomic E-state index is -4.84. The molecule has 0 saturated carbocycles. The van der Waals surface area contributed by atoms with Crippen LogP contribution in [0.4, 0.5) is 13.2 Å². The van der Waals surface area contributed by atoms with Crippen LogP contribution in [0, 0.1) is 0 Å². The first-order valence-electron chi connectivity index (χ1n) is 5.85. The van der Waals surface area contributed by atoms with Gasteiger partial charge in [0, 0.05) is 10.4 Å². The summed E-state index contributed by atoms with van der Waals surface area (Å²) in [4.78, 5) is 14.7. The maximum absolute atomic E-state index is 13.0. The Balaban J connectivity index is 2.32. The predicted octanol–water partition coefficient (Wildman–Crippen LogP) is 4.43. The minimum absolute atomic E-state index is 0.0327. The van der Waals surface area contributed by atoms with Gasteiger partial charge >= 0.3 is 12.1 Å². The van der Waals surface area contributed by atoms with Gasteiger partial charge in [-0.1, -0.05) is 23.7 Å². The zero-order valence-corrected chi connectivity index (χ0v) is 12.1. The lowest BCUT2D eigenvalue weighted by molar-refractivity contribution is -0.141. The number of carboxylic acids is 1. The van der Waals surface area contributed by atoms with Gasteiger partial charge in [-0.2, -0.15) is 13.2 Å². The smallest absolute Gasteiger partial charge is 0.435 e. The van der Waals surface area contributed by atoms with E-state index in [4.69, 9.17) is 11.6 Å². The number of halogens is 4. The van der Waals surface area contributed by atoms with Crippen LogP contribution >= 0.6 is 22.9 Å². The van der Waals surface area contributed by atoms with E-state index in [0.717, 1.165) is 15.7 Å². The normalized spacial score (nSPS) is 12.0. The molecule has 0 spiro atoms. The first kappa shape index (κ1) is 14.9. The number of rotatable bonds is 2. The highest BCUT2D eigenvalue weighted by molar-refractivity contribution is 7.15. The Morgan fingerprint density at radius 1 is 1.27 bits per heavy atom. The maximum Gasteiger partial charge on any atom is 0.435 e. The molecular formula is C13H6ClF3N2O2S. The Morgan fingerprint density at radius 2 is 1.91 bits per heavy atom. The second kappa shape index (κ2) is 4.99. The second-order valence-electron chi connectivity index (χ2n) is 4.36. The quantitative estimate of drug-likeness (QED) is 0.746. The van der Waals surface area contributed by atoms with Crippen LogP contribution in [0.25, 0.3) is 16.2 Å². The van der Waals surface area contributed by atoms with Crippen LogP contribution in [0.5, 0.6) is 0 Å². The molecule has 0 unspecified atom stereocenters. The molecule has 0 atom stereocenters. The number of hydrogen-bond donors (Lipinski definition) is 1. The van der Waals surface area contributed by atoms with Crippen LogP contribution in [0.2, 0.25) is 5.02 Å². The van der Waals surface area contributed by atoms with Gasteiger partial charge in [-0.3, -0.25) is 4.40 Å². The van der Waals surface area contributed by atoms with E-state index < -0.39 is 23.5 Å². The topological polar surface area (TPSA) is 54.6 Å². The number of carboxylic acid groups (broad SMARTS) is 1. The number of carbonyl (C=O) groups is 1. The summed E-state index contributed by atoms with van der Waals surface area (Å²) >= 11 is 6.71. The number of hydrogen-bond acceptors (Lipinski definition) is 3. The fourth-order valence-electron chi connectivity index (χ4n) is 2.08. The van der Waals surface area contributed by atoms with E-state index in [2.05, 4.69) is 4.98 Å². The zero-order chi connectivity index (χ0) is 16.1. The summed E-state index contributed by atoms with van der Waals surface area (Å²) in [7, 11) is 0. The Morgan fingerprint density at radius 3 is 2.45 bits per heavy atom. The molecule has 0 fully saturated rings. The van der Waals surface area contributed by atoms with Crippen LogP contribution in [0.15, 0.2) is 29.6 Å². The number of thiazole rings is 1. The molecular weight excluding hydrogens is 341 g/mol. The Labute approximate surface area is 130 Å². The van der Waals surface area contributed by atoms with E-state index in [0.29, 0.717) is 16.3 Å². The molecule has 9 heteroatoms. The van der Waals surface area contributed by atoms with Crippen molar-refractivity contribution < 1.29 is 23.1 Å². The fraction of sp³-hybridized carbons (Fsp3) is 0.0769. The highest BCUT2D eigenvalue weighted by Crippen LogP contribution is 2.36. The summed E-state index contributed by atoms with van der Waals surface area (Å²) in [5.74, 6) is -1.69. The average molecular weight is 347 g/mol. The molecule has 0 amide bonds. The molecule has 1 N–H and O–H groups in total. The van der Waals surface area contributed by atoms with Crippen molar-refractivity contribution in [2.45, 2.75) is 6.18 Å². The van der Waals surface area contributed by atoms with E-state index in [9.17, 15) is 23.1 Å². The summed E-state index contributed by atoms with van der Waals surface area (Å²) < 4.78 is 39.9. The molecule has 0 bridgehead atoms. The van der Waals surface area contributed by atoms with Crippen LogP contribution in [-0.2, 0) is 6.18 Å². The molecule has 2 aromatic heterocycles. The standard InChI is InChI=1S/C13H6ClF3N2O2S/c14-7-3-1-6(2-4-7)8-5-22-12-18-10(13(15,16)17)9(11(20)21)19(8)12/h1-5H,(H,20,21). The number of imidazole rings is 1. The molecule has 0 saturated heterocycles. The summed E-state index contributed by atoms with van der Waals surface area (Å²) in [6.07, 6.45) is -4.84. The van der Waals surface area contributed by atoms with Gasteiger partial charge in [0.05, 0.1) is 5.69 Å². The number of aromatic nitrogens is 2. The predicted molar refractivity (Wildman–Crippen MR) is 75.5 cm³/mol. The van der Waals surface area contributed by atoms with E-state index in [1.54, 1.807) is 29.6 Å². The molecule has 1 aromatic carbocycles. The lowest BCUT2D eigenvalue weighted by Gasteiger charge is -2.06. The Kier molecular flexibility index (Phi) is 3.37. The molecule has 22 heavy (non-hydrogen) atoms. The van der Waals surface area contributed by atoms with Crippen molar-refractivity contribution in [2.75, 3.05) is 0 Å². The van der Waals surface area contributed by atoms with Gasteiger partial charge in [0.1, 0.15) is 0 Å². The first-order valence-corrected chi connectivity index (χ1v) is 7.11. The molecule has 0 aliphatic rings. The highest BCUT2D eigenvalue weighted by Gasteiger charge is 2.41. The number of fused-ring (bicyclic) bond motifs is 1. The van der Waals surface area contributed by atoms with E-state index in [1.807, 2.05) is 0 Å². The molecule has 4 nitrogen and oxygen atoms in total. The lowest BCUT2D eigenvalue weighted by Crippen LogP contribution is -2.14. The van der Waals surface area contributed by atoms with Crippen molar-refractivity contribution in [3.8, 4) is 11.3 Å². The largest absolute Gasteiger partial charge is 0.476 e. The van der Waals surface area contributed by atoms with Gasteiger partial charge in [-0.15, -0.1) is 11.3 Å². The van der Waals surface area contributed by atoms with E-state index >= 15 is 0 Å². The van der Waals surface area contributed by atoms with E-state index in [1.165, 1.54) is 0 Å². The summed E-state index contributed by atoms with van der Waals surface area (Å²) in [5.41, 5.74) is -1.43. The van der Waals surface area contributed by atoms with Crippen LogP contribution in [-0.4, -0.2) is 20.5 Å². The number of nitrogens with zero attached hydrogens (tertiary/aromatic N) is 2. The lowest BCUT2D eigenvalue weighted by atomic mass is 10.2. The van der Waals surface area contributed by atoms with Gasteiger partial charge in [0.2, 0.25) is 0 Å². The molecule has 0 radical (unpaired) electrons. The number of aromatic carboxylic acids is 1. The fourth-order valence-corrected chi connectivity index (χ4v) is 3.10. The Bertz CT molecular complexity index is 868. The SMILES string of the molecule is O=C(O)c1c(C(F)(F)F)nc2scc(-c3ccc(Cl)cc3)n12. The summed E-state index contributed by atoms with van der Waals surface area (Å²) in [6.45, 7) is 0. The van der Waals surface area contributed by atoms with Gasteiger partial charge < -0.3 is 5.11 Å². The molecule has 2 heterocycles. The van der Waals surface area contributed by atoms with Crippen LogP contribution < -0.4 is 0 Å². The monoisotopic (exact) mass is 346 g/mol. The van der Waals surface area contributed by atoms with Crippen molar-refractivity contribution in [3.05, 3.63) is 46.1 Å². The molecule has 3 aromatic rings. The molecule has 0 aliphatic heterocycles. The van der Waals surface area contributed by atoms with Crippen molar-refractivity contribution >= 4 is 33.9 Å².